The van der Waals surface area contributed by atoms with Gasteiger partial charge in [-0.15, -0.1) is 0 Å². The van der Waals surface area contributed by atoms with Gasteiger partial charge in [0, 0.05) is 42.4 Å². The van der Waals surface area contributed by atoms with E-state index in [2.05, 4.69) is 15.6 Å². The molecule has 39 heavy (non-hydrogen) atoms. The molecule has 8 nitrogen and oxygen atoms in total. The Balaban J connectivity index is 1.46. The van der Waals surface area contributed by atoms with Gasteiger partial charge in [-0.1, -0.05) is 24.3 Å². The predicted molar refractivity (Wildman–Crippen MR) is 154 cm³/mol. The Labute approximate surface area is 232 Å². The summed E-state index contributed by atoms with van der Waals surface area (Å²) < 4.78 is 1.96. The number of amides is 1. The maximum Gasteiger partial charge on any atom is 0.335 e. The summed E-state index contributed by atoms with van der Waals surface area (Å²) in [5.41, 5.74) is 5.52. The van der Waals surface area contributed by atoms with Crippen LogP contribution in [0.5, 0.6) is 0 Å². The third-order valence-electron chi connectivity index (χ3n) is 6.90. The van der Waals surface area contributed by atoms with Crippen molar-refractivity contribution in [2.24, 2.45) is 0 Å². The summed E-state index contributed by atoms with van der Waals surface area (Å²) in [5, 5.41) is 16.5. The third kappa shape index (κ3) is 5.53. The highest BCUT2D eigenvalue weighted by Crippen LogP contribution is 2.39. The average molecular weight is 540 g/mol. The van der Waals surface area contributed by atoms with Crippen molar-refractivity contribution in [2.45, 2.75) is 32.4 Å². The molecule has 9 heteroatoms. The van der Waals surface area contributed by atoms with Crippen molar-refractivity contribution >= 4 is 34.9 Å². The minimum absolute atomic E-state index is 0.101. The number of carbonyl (C=O) groups is 2. The van der Waals surface area contributed by atoms with Crippen LogP contribution in [-0.4, -0.2) is 43.1 Å². The summed E-state index contributed by atoms with van der Waals surface area (Å²) in [6.45, 7) is 4.35. The number of benzene rings is 2. The minimum atomic E-state index is -0.989. The molecule has 1 saturated heterocycles. The number of thiocarbonyl (C=S) groups is 1. The first kappa shape index (κ1) is 26.1. The Morgan fingerprint density at radius 1 is 1.05 bits per heavy atom. The van der Waals surface area contributed by atoms with E-state index < -0.39 is 5.97 Å². The SMILES string of the molecule is Cc1ccc(C)c(NC(=O)CCN2C(=S)N[C@@H](c3ccccn3)[C@H]2c2cccn2-c2cccc(C(=O)O)c2)c1. The van der Waals surface area contributed by atoms with Gasteiger partial charge in [0.1, 0.15) is 0 Å². The molecule has 0 radical (unpaired) electrons. The van der Waals surface area contributed by atoms with E-state index in [1.54, 1.807) is 24.4 Å². The van der Waals surface area contributed by atoms with Crippen molar-refractivity contribution in [1.29, 1.82) is 0 Å². The van der Waals surface area contributed by atoms with Gasteiger partial charge in [0.2, 0.25) is 5.91 Å². The quantitative estimate of drug-likeness (QED) is 0.265. The first-order chi connectivity index (χ1) is 18.8. The molecule has 0 aliphatic carbocycles. The molecule has 198 valence electrons. The van der Waals surface area contributed by atoms with Crippen molar-refractivity contribution in [3.8, 4) is 5.69 Å². The lowest BCUT2D eigenvalue weighted by Gasteiger charge is -2.29. The third-order valence-corrected chi connectivity index (χ3v) is 7.25. The van der Waals surface area contributed by atoms with Crippen LogP contribution < -0.4 is 10.6 Å². The van der Waals surface area contributed by atoms with Crippen molar-refractivity contribution in [3.63, 3.8) is 0 Å². The zero-order chi connectivity index (χ0) is 27.5. The molecule has 0 spiro atoms. The highest BCUT2D eigenvalue weighted by molar-refractivity contribution is 7.80. The number of rotatable bonds is 8. The van der Waals surface area contributed by atoms with Crippen molar-refractivity contribution in [2.75, 3.05) is 11.9 Å². The smallest absolute Gasteiger partial charge is 0.335 e. The molecule has 5 rings (SSSR count). The van der Waals surface area contributed by atoms with Gasteiger partial charge in [0.15, 0.2) is 5.11 Å². The maximum absolute atomic E-state index is 13.0. The number of carboxylic acids is 1. The number of nitrogens with one attached hydrogen (secondary N) is 2. The van der Waals surface area contributed by atoms with Crippen LogP contribution >= 0.6 is 12.2 Å². The molecule has 1 aliphatic rings. The van der Waals surface area contributed by atoms with Gasteiger partial charge in [-0.05, 0) is 85.7 Å². The van der Waals surface area contributed by atoms with Crippen LogP contribution in [0.25, 0.3) is 5.69 Å². The summed E-state index contributed by atoms with van der Waals surface area (Å²) in [6.07, 6.45) is 3.88. The topological polar surface area (TPSA) is 99.5 Å². The van der Waals surface area contributed by atoms with Gasteiger partial charge in [0.25, 0.3) is 0 Å². The monoisotopic (exact) mass is 539 g/mol. The zero-order valence-electron chi connectivity index (χ0n) is 21.7. The van der Waals surface area contributed by atoms with Crippen LogP contribution in [0.2, 0.25) is 0 Å². The molecule has 0 unspecified atom stereocenters. The molecule has 2 aromatic heterocycles. The second-order valence-electron chi connectivity index (χ2n) is 9.60. The number of aromatic carboxylic acids is 1. The molecule has 3 N–H and O–H groups in total. The second kappa shape index (κ2) is 11.1. The molecule has 1 amide bonds. The fraction of sp³-hybridized carbons (Fsp3) is 0.200. The second-order valence-corrected chi connectivity index (χ2v) is 9.98. The maximum atomic E-state index is 13.0. The van der Waals surface area contributed by atoms with Crippen molar-refractivity contribution in [1.82, 2.24) is 19.8 Å². The zero-order valence-corrected chi connectivity index (χ0v) is 22.5. The molecular formula is C30H29N5O3S. The Bertz CT molecular complexity index is 1530. The summed E-state index contributed by atoms with van der Waals surface area (Å²) in [4.78, 5) is 31.2. The first-order valence-corrected chi connectivity index (χ1v) is 13.1. The number of hydrogen-bond donors (Lipinski definition) is 3. The van der Waals surface area contributed by atoms with Crippen LogP contribution in [0.15, 0.2) is 85.2 Å². The molecule has 3 heterocycles. The lowest BCUT2D eigenvalue weighted by molar-refractivity contribution is -0.116. The van der Waals surface area contributed by atoms with E-state index in [0.717, 1.165) is 33.9 Å². The van der Waals surface area contributed by atoms with E-state index in [4.69, 9.17) is 12.2 Å². The first-order valence-electron chi connectivity index (χ1n) is 12.7. The van der Waals surface area contributed by atoms with Gasteiger partial charge in [-0.3, -0.25) is 9.78 Å². The van der Waals surface area contributed by atoms with E-state index in [1.807, 2.05) is 84.1 Å². The van der Waals surface area contributed by atoms with Crippen LogP contribution in [0.4, 0.5) is 5.69 Å². The summed E-state index contributed by atoms with van der Waals surface area (Å²) in [5.74, 6) is -1.09. The van der Waals surface area contributed by atoms with Gasteiger partial charge in [0.05, 0.1) is 23.3 Å². The lowest BCUT2D eigenvalue weighted by atomic mass is 10.0. The largest absolute Gasteiger partial charge is 0.478 e. The Kier molecular flexibility index (Phi) is 7.42. The predicted octanol–water partition coefficient (Wildman–Crippen LogP) is 5.19. The minimum Gasteiger partial charge on any atom is -0.478 e. The molecule has 2 atom stereocenters. The molecule has 4 aromatic rings. The number of carbonyl (C=O) groups excluding carboxylic acids is 1. The summed E-state index contributed by atoms with van der Waals surface area (Å²) in [6, 6.07) is 21.9. The number of pyridine rings is 1. The highest BCUT2D eigenvalue weighted by Gasteiger charge is 2.41. The molecule has 1 fully saturated rings. The number of anilines is 1. The molecule has 2 aromatic carbocycles. The normalized spacial score (nSPS) is 16.7. The van der Waals surface area contributed by atoms with Crippen LogP contribution in [0.1, 0.15) is 51.4 Å². The molecular weight excluding hydrogens is 510 g/mol. The fourth-order valence-corrected chi connectivity index (χ4v) is 5.26. The summed E-state index contributed by atoms with van der Waals surface area (Å²) >= 11 is 5.77. The lowest BCUT2D eigenvalue weighted by Crippen LogP contribution is -2.33. The van der Waals surface area contributed by atoms with Crippen molar-refractivity contribution < 1.29 is 14.7 Å². The Hall–Kier alpha value is -4.50. The van der Waals surface area contributed by atoms with Crippen LogP contribution in [0.3, 0.4) is 0 Å². The van der Waals surface area contributed by atoms with Crippen LogP contribution in [-0.2, 0) is 4.79 Å². The Morgan fingerprint density at radius 3 is 2.67 bits per heavy atom. The van der Waals surface area contributed by atoms with E-state index >= 15 is 0 Å². The van der Waals surface area contributed by atoms with Crippen LogP contribution in [0, 0.1) is 13.8 Å². The highest BCUT2D eigenvalue weighted by atomic mass is 32.1. The number of aryl methyl sites for hydroxylation is 2. The van der Waals surface area contributed by atoms with Gasteiger partial charge < -0.3 is 25.2 Å². The van der Waals surface area contributed by atoms with E-state index in [0.29, 0.717) is 11.7 Å². The van der Waals surface area contributed by atoms with Gasteiger partial charge in [-0.25, -0.2) is 4.79 Å². The van der Waals surface area contributed by atoms with E-state index in [1.165, 1.54) is 0 Å². The molecule has 0 bridgehead atoms. The average Bonchev–Trinajstić information content (AvgIpc) is 3.54. The van der Waals surface area contributed by atoms with Gasteiger partial charge >= 0.3 is 5.97 Å². The number of carboxylic acid groups (broad SMARTS) is 1. The number of aromatic nitrogens is 2. The molecule has 1 aliphatic heterocycles. The van der Waals surface area contributed by atoms with E-state index in [-0.39, 0.29) is 30.0 Å². The van der Waals surface area contributed by atoms with Crippen molar-refractivity contribution in [3.05, 3.63) is 113 Å². The molecule has 0 saturated carbocycles. The number of nitrogens with zero attached hydrogens (tertiary/aromatic N) is 3. The van der Waals surface area contributed by atoms with Gasteiger partial charge in [-0.2, -0.15) is 0 Å². The fourth-order valence-electron chi connectivity index (χ4n) is 4.93. The number of hydrogen-bond acceptors (Lipinski definition) is 4. The summed E-state index contributed by atoms with van der Waals surface area (Å²) in [7, 11) is 0. The Morgan fingerprint density at radius 2 is 1.90 bits per heavy atom. The van der Waals surface area contributed by atoms with E-state index in [9.17, 15) is 14.7 Å². The standard InChI is InChI=1S/C30H29N5O3S/c1-19-11-12-20(2)24(17-19)32-26(36)13-16-35-28(27(33-30(35)39)23-9-3-4-14-31-23)25-10-6-15-34(25)22-8-5-7-21(18-22)29(37)38/h3-12,14-15,17-18,27-28H,13,16H2,1-2H3,(H,32,36)(H,33,39)(H,37,38)/t27-,28+/m0/s1.